The predicted octanol–water partition coefficient (Wildman–Crippen LogP) is 14.9. The Morgan fingerprint density at radius 3 is 1.20 bits per heavy atom. The third-order valence-electron chi connectivity index (χ3n) is 10.6. The van der Waals surface area contributed by atoms with Gasteiger partial charge in [0, 0.05) is 6.16 Å². The molecule has 0 fully saturated rings. The summed E-state index contributed by atoms with van der Waals surface area (Å²) in [4.78, 5) is 10.9. The predicted molar refractivity (Wildman–Crippen MR) is 245 cm³/mol. The molecule has 8 heteroatoms. The molecule has 0 aromatic heterocycles. The van der Waals surface area contributed by atoms with Crippen LogP contribution >= 0.6 is 8.38 Å². The van der Waals surface area contributed by atoms with Gasteiger partial charge in [-0.05, 0) is 26.2 Å². The Labute approximate surface area is 352 Å². The molecule has 0 heterocycles. The van der Waals surface area contributed by atoms with Crippen molar-refractivity contribution < 1.29 is 32.9 Å². The fraction of sp³-hybridized carbons (Fsp3) is 0.979. The van der Waals surface area contributed by atoms with E-state index < -0.39 is 20.8 Å². The molecule has 0 aromatic carbocycles. The average molecular weight is 819 g/mol. The second-order valence-corrected chi connectivity index (χ2v) is 19.1. The van der Waals surface area contributed by atoms with Crippen LogP contribution in [0.1, 0.15) is 240 Å². The van der Waals surface area contributed by atoms with Gasteiger partial charge in [-0.2, -0.15) is 0 Å². The summed E-state index contributed by atoms with van der Waals surface area (Å²) in [6.07, 6.45) is 43.9. The van der Waals surface area contributed by atoms with E-state index in [1.807, 2.05) is 6.92 Å². The Kier molecular flexibility index (Phi) is 48.9. The number of likely N-dealkylation sites (N-methyl/N-ethyl adjacent to an activating group) is 1. The maximum atomic E-state index is 10.9. The first kappa shape index (κ1) is 57.8. The molecule has 0 spiro atoms. The van der Waals surface area contributed by atoms with E-state index >= 15 is 0 Å². The SMILES string of the molecule is CCCCCCCCCCCCCCCCCC.CCCCCCCCCCCCCCCCCC(O)OC[C@@H](CCP(OCC)OCC[N+](C)(C)C)OC=O. The van der Waals surface area contributed by atoms with Crippen molar-refractivity contribution in [2.24, 2.45) is 0 Å². The van der Waals surface area contributed by atoms with Gasteiger partial charge in [0.25, 0.3) is 6.47 Å². The molecular weight excluding hydrogens is 718 g/mol. The lowest BCUT2D eigenvalue weighted by molar-refractivity contribution is -0.870. The number of rotatable bonds is 45. The third-order valence-corrected chi connectivity index (χ3v) is 12.3. The first-order valence-corrected chi connectivity index (χ1v) is 25.8. The summed E-state index contributed by atoms with van der Waals surface area (Å²) in [5.41, 5.74) is 0. The van der Waals surface area contributed by atoms with E-state index in [2.05, 4.69) is 41.9 Å². The van der Waals surface area contributed by atoms with Crippen LogP contribution in [0.15, 0.2) is 0 Å². The molecule has 0 saturated carbocycles. The molecule has 0 aliphatic carbocycles. The van der Waals surface area contributed by atoms with Crippen LogP contribution in [0.25, 0.3) is 0 Å². The van der Waals surface area contributed by atoms with Gasteiger partial charge in [0.2, 0.25) is 0 Å². The number of carbonyl (C=O) groups excluding carboxylic acids is 1. The summed E-state index contributed by atoms with van der Waals surface area (Å²) in [5, 5.41) is 10.2. The number of unbranched alkanes of at least 4 members (excludes halogenated alkanes) is 29. The number of aliphatic hydroxyl groups excluding tert-OH is 1. The molecular formula is C48H101NO6P+. The summed E-state index contributed by atoms with van der Waals surface area (Å²) in [6, 6.07) is 0. The van der Waals surface area contributed by atoms with Gasteiger partial charge in [0.05, 0.1) is 34.4 Å². The van der Waals surface area contributed by atoms with E-state index in [0.29, 0.717) is 38.7 Å². The zero-order chi connectivity index (χ0) is 41.6. The second kappa shape index (κ2) is 47.4. The van der Waals surface area contributed by atoms with E-state index in [0.717, 1.165) is 23.9 Å². The lowest BCUT2D eigenvalue weighted by atomic mass is 10.0. The smallest absolute Gasteiger partial charge is 0.293 e. The number of carbonyl (C=O) groups is 1. The Morgan fingerprint density at radius 1 is 0.518 bits per heavy atom. The van der Waals surface area contributed by atoms with E-state index in [4.69, 9.17) is 18.5 Å². The fourth-order valence-electron chi connectivity index (χ4n) is 6.86. The maximum absolute atomic E-state index is 10.9. The minimum absolute atomic E-state index is 0.187. The number of hydrogen-bond acceptors (Lipinski definition) is 6. The van der Waals surface area contributed by atoms with E-state index in [-0.39, 0.29) is 6.61 Å². The summed E-state index contributed by atoms with van der Waals surface area (Å²) >= 11 is 0. The van der Waals surface area contributed by atoms with Crippen LogP contribution in [0.2, 0.25) is 0 Å². The molecule has 0 aliphatic heterocycles. The van der Waals surface area contributed by atoms with Crippen molar-refractivity contribution in [1.82, 2.24) is 0 Å². The van der Waals surface area contributed by atoms with E-state index in [1.165, 1.54) is 186 Å². The number of nitrogens with zero attached hydrogens (tertiary/aromatic N) is 1. The number of aliphatic hydroxyl groups is 1. The van der Waals surface area contributed by atoms with Gasteiger partial charge in [-0.1, -0.05) is 213 Å². The highest BCUT2D eigenvalue weighted by atomic mass is 31.2. The molecule has 0 radical (unpaired) electrons. The lowest BCUT2D eigenvalue weighted by Crippen LogP contribution is -2.37. The maximum Gasteiger partial charge on any atom is 0.293 e. The first-order chi connectivity index (χ1) is 27.2. The monoisotopic (exact) mass is 819 g/mol. The van der Waals surface area contributed by atoms with Crippen LogP contribution in [0.5, 0.6) is 0 Å². The van der Waals surface area contributed by atoms with Gasteiger partial charge in [-0.15, -0.1) is 0 Å². The average Bonchev–Trinajstić information content (AvgIpc) is 3.17. The van der Waals surface area contributed by atoms with Crippen LogP contribution in [-0.4, -0.2) is 82.1 Å². The Morgan fingerprint density at radius 2 is 0.875 bits per heavy atom. The van der Waals surface area contributed by atoms with Gasteiger partial charge >= 0.3 is 0 Å². The van der Waals surface area contributed by atoms with E-state index in [1.54, 1.807) is 0 Å². The zero-order valence-corrected chi connectivity index (χ0v) is 39.9. The fourth-order valence-corrected chi connectivity index (χ4v) is 8.26. The minimum atomic E-state index is -1.03. The summed E-state index contributed by atoms with van der Waals surface area (Å²) in [5.74, 6) is 0. The summed E-state index contributed by atoms with van der Waals surface area (Å²) < 4.78 is 23.3. The molecule has 0 amide bonds. The summed E-state index contributed by atoms with van der Waals surface area (Å²) in [6.45, 7) is 11.6. The molecule has 56 heavy (non-hydrogen) atoms. The van der Waals surface area contributed by atoms with E-state index in [9.17, 15) is 9.90 Å². The quantitative estimate of drug-likeness (QED) is 0.0217. The van der Waals surface area contributed by atoms with Gasteiger partial charge < -0.3 is 28.1 Å². The summed E-state index contributed by atoms with van der Waals surface area (Å²) in [7, 11) is 5.35. The van der Waals surface area contributed by atoms with Gasteiger partial charge in [0.15, 0.2) is 14.7 Å². The highest BCUT2D eigenvalue weighted by Gasteiger charge is 2.19. The molecule has 0 bridgehead atoms. The Balaban J connectivity index is 0. The topological polar surface area (TPSA) is 74.2 Å². The molecule has 2 unspecified atom stereocenters. The van der Waals surface area contributed by atoms with Crippen LogP contribution < -0.4 is 0 Å². The number of quaternary nitrogens is 1. The van der Waals surface area contributed by atoms with Crippen molar-refractivity contribution >= 4 is 14.8 Å². The molecule has 0 aliphatic rings. The van der Waals surface area contributed by atoms with Crippen molar-refractivity contribution in [3.05, 3.63) is 0 Å². The molecule has 0 aromatic rings. The third kappa shape index (κ3) is 49.8. The molecule has 1 N–H and O–H groups in total. The van der Waals surface area contributed by atoms with Crippen LogP contribution in [-0.2, 0) is 23.3 Å². The van der Waals surface area contributed by atoms with Gasteiger partial charge in [0.1, 0.15) is 19.3 Å². The zero-order valence-electron chi connectivity index (χ0n) is 39.0. The van der Waals surface area contributed by atoms with Gasteiger partial charge in [-0.25, -0.2) is 0 Å². The Hall–Kier alpha value is -0.300. The van der Waals surface area contributed by atoms with Crippen LogP contribution in [0.3, 0.4) is 0 Å². The second-order valence-electron chi connectivity index (χ2n) is 17.4. The normalized spacial score (nSPS) is 13.3. The number of hydrogen-bond donors (Lipinski definition) is 1. The molecule has 7 nitrogen and oxygen atoms in total. The standard InChI is InChI=1S/C30H63NO6P.C18H38/c1-6-8-9-10-11-12-13-14-15-16-17-18-19-20-21-22-30(33)34-27-29(35-28-32)23-26-38(36-7-2)37-25-24-31(3,4)5;1-3-5-7-9-11-13-15-17-18-16-14-12-10-8-6-4-2/h28-30,33H,6-27H2,1-5H3;3-18H2,1-2H3/q+1;/t29-,30?,38?;/m1./s1. The minimum Gasteiger partial charge on any atom is -0.462 e. The molecule has 0 rings (SSSR count). The highest BCUT2D eigenvalue weighted by Crippen LogP contribution is 2.39. The largest absolute Gasteiger partial charge is 0.462 e. The number of ether oxygens (including phenoxy) is 2. The molecule has 338 valence electrons. The van der Waals surface area contributed by atoms with Crippen LogP contribution in [0.4, 0.5) is 0 Å². The highest BCUT2D eigenvalue weighted by molar-refractivity contribution is 7.47. The van der Waals surface area contributed by atoms with Crippen molar-refractivity contribution in [2.75, 3.05) is 53.7 Å². The van der Waals surface area contributed by atoms with Crippen molar-refractivity contribution in [1.29, 1.82) is 0 Å². The molecule has 0 saturated heterocycles. The van der Waals surface area contributed by atoms with Gasteiger partial charge in [-0.3, -0.25) is 4.79 Å². The van der Waals surface area contributed by atoms with Crippen molar-refractivity contribution in [3.63, 3.8) is 0 Å². The molecule has 3 atom stereocenters. The van der Waals surface area contributed by atoms with Crippen molar-refractivity contribution in [2.45, 2.75) is 252 Å². The first-order valence-electron chi connectivity index (χ1n) is 24.5. The van der Waals surface area contributed by atoms with Crippen LogP contribution in [0, 0.1) is 0 Å². The van der Waals surface area contributed by atoms with Crippen molar-refractivity contribution in [3.8, 4) is 0 Å². The Bertz CT molecular complexity index is 723. The lowest BCUT2D eigenvalue weighted by Gasteiger charge is -2.25.